The Morgan fingerprint density at radius 1 is 1.10 bits per heavy atom. The maximum atomic E-state index is 11.9. The largest absolute Gasteiger partial charge is 0.480 e. The van der Waals surface area contributed by atoms with Crippen molar-refractivity contribution in [3.05, 3.63) is 0 Å². The number of nitrogens with one attached hydrogen (secondary N) is 2. The van der Waals surface area contributed by atoms with E-state index in [1.54, 1.807) is 0 Å². The predicted octanol–water partition coefficient (Wildman–Crippen LogP) is 1.44. The molecule has 0 unspecified atom stereocenters. The van der Waals surface area contributed by atoms with E-state index in [9.17, 15) is 19.5 Å². The number of carbonyl (C=O) groups excluding carboxylic acids is 2. The predicted molar refractivity (Wildman–Crippen MR) is 78.7 cm³/mol. The molecule has 0 aromatic rings. The fraction of sp³-hybridized carbons (Fsp3) is 0.800. The zero-order valence-corrected chi connectivity index (χ0v) is 12.9. The van der Waals surface area contributed by atoms with Crippen molar-refractivity contribution in [2.24, 2.45) is 5.92 Å². The highest BCUT2D eigenvalue weighted by Gasteiger charge is 2.40. The molecule has 120 valence electrons. The van der Waals surface area contributed by atoms with Crippen molar-refractivity contribution in [1.29, 1.82) is 0 Å². The first-order valence-corrected chi connectivity index (χ1v) is 7.67. The van der Waals surface area contributed by atoms with Crippen molar-refractivity contribution in [2.45, 2.75) is 64.3 Å². The van der Waals surface area contributed by atoms with Gasteiger partial charge in [-0.15, -0.1) is 0 Å². The summed E-state index contributed by atoms with van der Waals surface area (Å²) in [6.45, 7) is 3.89. The average Bonchev–Trinajstić information content (AvgIpc) is 2.43. The number of carboxylic acids is 1. The van der Waals surface area contributed by atoms with Gasteiger partial charge in [-0.3, -0.25) is 9.59 Å². The highest BCUT2D eigenvalue weighted by molar-refractivity contribution is 5.90. The molecule has 6 heteroatoms. The summed E-state index contributed by atoms with van der Waals surface area (Å²) in [5, 5.41) is 14.5. The maximum Gasteiger partial charge on any atom is 0.329 e. The molecule has 0 atom stereocenters. The second-order valence-electron chi connectivity index (χ2n) is 6.21. The third kappa shape index (κ3) is 5.73. The Kier molecular flexibility index (Phi) is 6.65. The van der Waals surface area contributed by atoms with E-state index in [1.165, 1.54) is 0 Å². The standard InChI is InChI=1S/C15H26N2O4/c1-11(2)6-7-12(18)16-10-13(19)17-15(14(20)21)8-4-3-5-9-15/h11H,3-10H2,1-2H3,(H,16,18)(H,17,19)(H,20,21). The minimum atomic E-state index is -1.15. The van der Waals surface area contributed by atoms with Crippen molar-refractivity contribution in [3.8, 4) is 0 Å². The summed E-state index contributed by atoms with van der Waals surface area (Å²) < 4.78 is 0. The lowest BCUT2D eigenvalue weighted by Gasteiger charge is -2.34. The van der Waals surface area contributed by atoms with Crippen LogP contribution in [0.1, 0.15) is 58.8 Å². The molecule has 0 bridgehead atoms. The molecule has 21 heavy (non-hydrogen) atoms. The minimum Gasteiger partial charge on any atom is -0.480 e. The van der Waals surface area contributed by atoms with Gasteiger partial charge in [-0.25, -0.2) is 4.79 Å². The van der Waals surface area contributed by atoms with Crippen molar-refractivity contribution in [1.82, 2.24) is 10.6 Å². The summed E-state index contributed by atoms with van der Waals surface area (Å²) in [6, 6.07) is 0. The first kappa shape index (κ1) is 17.5. The fourth-order valence-corrected chi connectivity index (χ4v) is 2.55. The van der Waals surface area contributed by atoms with Crippen LogP contribution in [0.3, 0.4) is 0 Å². The normalized spacial score (nSPS) is 17.3. The van der Waals surface area contributed by atoms with Gasteiger partial charge in [0.05, 0.1) is 6.54 Å². The number of amides is 2. The molecule has 2 amide bonds. The van der Waals surface area contributed by atoms with Crippen LogP contribution in [0.2, 0.25) is 0 Å². The van der Waals surface area contributed by atoms with Crippen LogP contribution >= 0.6 is 0 Å². The Morgan fingerprint density at radius 3 is 2.24 bits per heavy atom. The smallest absolute Gasteiger partial charge is 0.329 e. The Balaban J connectivity index is 2.41. The molecule has 1 aliphatic carbocycles. The van der Waals surface area contributed by atoms with Gasteiger partial charge in [0.15, 0.2) is 0 Å². The highest BCUT2D eigenvalue weighted by atomic mass is 16.4. The van der Waals surface area contributed by atoms with Crippen LogP contribution in [0.5, 0.6) is 0 Å². The molecule has 0 aromatic heterocycles. The summed E-state index contributed by atoms with van der Waals surface area (Å²) in [5.74, 6) is -1.16. The molecule has 0 heterocycles. The van der Waals surface area contributed by atoms with E-state index in [2.05, 4.69) is 10.6 Å². The van der Waals surface area contributed by atoms with Crippen LogP contribution in [0.4, 0.5) is 0 Å². The molecule has 0 aromatic carbocycles. The quantitative estimate of drug-likeness (QED) is 0.662. The number of carbonyl (C=O) groups is 3. The zero-order valence-electron chi connectivity index (χ0n) is 12.9. The van der Waals surface area contributed by atoms with E-state index >= 15 is 0 Å². The van der Waals surface area contributed by atoms with Crippen LogP contribution in [0.15, 0.2) is 0 Å². The SMILES string of the molecule is CC(C)CCC(=O)NCC(=O)NC1(C(=O)O)CCCCC1. The number of hydrogen-bond acceptors (Lipinski definition) is 3. The fourth-order valence-electron chi connectivity index (χ4n) is 2.55. The lowest BCUT2D eigenvalue weighted by molar-refractivity contribution is -0.149. The third-order valence-electron chi connectivity index (χ3n) is 3.89. The Hall–Kier alpha value is -1.59. The van der Waals surface area contributed by atoms with Crippen LogP contribution in [0.25, 0.3) is 0 Å². The number of carboxylic acid groups (broad SMARTS) is 1. The monoisotopic (exact) mass is 298 g/mol. The van der Waals surface area contributed by atoms with Gasteiger partial charge in [-0.2, -0.15) is 0 Å². The van der Waals surface area contributed by atoms with Gasteiger partial charge in [-0.1, -0.05) is 33.1 Å². The molecule has 0 aliphatic heterocycles. The molecule has 6 nitrogen and oxygen atoms in total. The van der Waals surface area contributed by atoms with Crippen molar-refractivity contribution in [2.75, 3.05) is 6.54 Å². The summed E-state index contributed by atoms with van der Waals surface area (Å²) in [5.41, 5.74) is -1.15. The lowest BCUT2D eigenvalue weighted by Crippen LogP contribution is -2.57. The van der Waals surface area contributed by atoms with Crippen LogP contribution in [0, 0.1) is 5.92 Å². The maximum absolute atomic E-state index is 11.9. The van der Waals surface area contributed by atoms with Crippen molar-refractivity contribution < 1.29 is 19.5 Å². The molecule has 1 fully saturated rings. The minimum absolute atomic E-state index is 0.161. The lowest BCUT2D eigenvalue weighted by atomic mass is 9.81. The number of hydrogen-bond donors (Lipinski definition) is 3. The van der Waals surface area contributed by atoms with E-state index in [0.717, 1.165) is 25.7 Å². The molecule has 1 saturated carbocycles. The van der Waals surface area contributed by atoms with E-state index in [0.29, 0.717) is 25.2 Å². The molecule has 3 N–H and O–H groups in total. The second kappa shape index (κ2) is 8.00. The first-order valence-electron chi connectivity index (χ1n) is 7.67. The summed E-state index contributed by atoms with van der Waals surface area (Å²) in [7, 11) is 0. The number of aliphatic carboxylic acids is 1. The first-order chi connectivity index (χ1) is 9.85. The molecule has 0 spiro atoms. The van der Waals surface area contributed by atoms with Crippen molar-refractivity contribution >= 4 is 17.8 Å². The second-order valence-corrected chi connectivity index (χ2v) is 6.21. The van der Waals surface area contributed by atoms with Gasteiger partial charge in [0.2, 0.25) is 11.8 Å². The van der Waals surface area contributed by atoms with Gasteiger partial charge in [-0.05, 0) is 25.2 Å². The average molecular weight is 298 g/mol. The van der Waals surface area contributed by atoms with Crippen LogP contribution < -0.4 is 10.6 Å². The number of rotatable bonds is 7. The molecule has 0 radical (unpaired) electrons. The van der Waals surface area contributed by atoms with E-state index < -0.39 is 17.4 Å². The van der Waals surface area contributed by atoms with Gasteiger partial charge < -0.3 is 15.7 Å². The summed E-state index contributed by atoms with van der Waals surface area (Å²) in [6.07, 6.45) is 4.66. The summed E-state index contributed by atoms with van der Waals surface area (Å²) >= 11 is 0. The van der Waals surface area contributed by atoms with Crippen LogP contribution in [-0.2, 0) is 14.4 Å². The molecular formula is C15H26N2O4. The highest BCUT2D eigenvalue weighted by Crippen LogP contribution is 2.28. The van der Waals surface area contributed by atoms with Gasteiger partial charge in [0, 0.05) is 6.42 Å². The van der Waals surface area contributed by atoms with Gasteiger partial charge in [0.1, 0.15) is 5.54 Å². The third-order valence-corrected chi connectivity index (χ3v) is 3.89. The Labute approximate surface area is 125 Å². The van der Waals surface area contributed by atoms with E-state index in [-0.39, 0.29) is 12.5 Å². The van der Waals surface area contributed by atoms with Crippen LogP contribution in [-0.4, -0.2) is 35.0 Å². The van der Waals surface area contributed by atoms with E-state index in [4.69, 9.17) is 0 Å². The molecule has 0 saturated heterocycles. The molecular weight excluding hydrogens is 272 g/mol. The van der Waals surface area contributed by atoms with Gasteiger partial charge in [0.25, 0.3) is 0 Å². The molecule has 1 aliphatic rings. The Bertz CT molecular complexity index is 387. The summed E-state index contributed by atoms with van der Waals surface area (Å²) in [4.78, 5) is 34.9. The van der Waals surface area contributed by atoms with Crippen molar-refractivity contribution in [3.63, 3.8) is 0 Å². The Morgan fingerprint density at radius 2 is 1.71 bits per heavy atom. The molecule has 1 rings (SSSR count). The topological polar surface area (TPSA) is 95.5 Å². The van der Waals surface area contributed by atoms with E-state index in [1.807, 2.05) is 13.8 Å². The van der Waals surface area contributed by atoms with Gasteiger partial charge >= 0.3 is 5.97 Å². The zero-order chi connectivity index (χ0) is 15.9.